The van der Waals surface area contributed by atoms with Gasteiger partial charge >= 0.3 is 0 Å². The van der Waals surface area contributed by atoms with Gasteiger partial charge in [0, 0.05) is 36.5 Å². The number of hydrogen-bond donors (Lipinski definition) is 1. The van der Waals surface area contributed by atoms with Crippen LogP contribution in [0.5, 0.6) is 0 Å². The summed E-state index contributed by atoms with van der Waals surface area (Å²) in [6, 6.07) is 17.1. The maximum Gasteiger partial charge on any atom is 0.262 e. The van der Waals surface area contributed by atoms with Crippen LogP contribution in [-0.2, 0) is 24.7 Å². The molecule has 2 aliphatic heterocycles. The van der Waals surface area contributed by atoms with Crippen LogP contribution in [0.3, 0.4) is 0 Å². The van der Waals surface area contributed by atoms with Gasteiger partial charge in [0.05, 0.1) is 22.1 Å². The van der Waals surface area contributed by atoms with E-state index in [-0.39, 0.29) is 22.0 Å². The Hall–Kier alpha value is -3.79. The van der Waals surface area contributed by atoms with Crippen LogP contribution in [0.2, 0.25) is 0 Å². The minimum Gasteiger partial charge on any atom is -0.348 e. The molecule has 2 aromatic carbocycles. The van der Waals surface area contributed by atoms with Gasteiger partial charge in [-0.1, -0.05) is 37.3 Å². The van der Waals surface area contributed by atoms with Gasteiger partial charge < -0.3 is 5.32 Å². The molecule has 5 rings (SSSR count). The highest BCUT2D eigenvalue weighted by atomic mass is 32.2. The Bertz CT molecular complexity index is 1730. The predicted octanol–water partition coefficient (Wildman–Crippen LogP) is 3.17. The second-order valence-corrected chi connectivity index (χ2v) is 14.7. The van der Waals surface area contributed by atoms with Crippen LogP contribution in [0.1, 0.15) is 31.7 Å². The van der Waals surface area contributed by atoms with Gasteiger partial charge in [-0.25, -0.2) is 21.5 Å². The van der Waals surface area contributed by atoms with Crippen LogP contribution in [0.4, 0.5) is 0 Å². The molecule has 2 fully saturated rings. The van der Waals surface area contributed by atoms with Crippen molar-refractivity contribution in [3.05, 3.63) is 71.9 Å². The first-order valence-corrected chi connectivity index (χ1v) is 16.7. The third-order valence-corrected chi connectivity index (χ3v) is 11.1. The minimum absolute atomic E-state index is 0.00670. The van der Waals surface area contributed by atoms with Gasteiger partial charge in [-0.3, -0.25) is 4.79 Å². The molecule has 0 spiro atoms. The Balaban J connectivity index is 1.52. The number of amides is 1. The Morgan fingerprint density at radius 2 is 1.83 bits per heavy atom. The molecule has 3 heterocycles. The number of aromatic nitrogens is 2. The van der Waals surface area contributed by atoms with E-state index in [1.165, 1.54) is 10.4 Å². The number of para-hydroxylation sites is 1. The van der Waals surface area contributed by atoms with Gasteiger partial charge in [-0.15, -0.1) is 0 Å². The molecule has 41 heavy (non-hydrogen) atoms. The lowest BCUT2D eigenvalue weighted by Gasteiger charge is -2.29. The number of nitrogens with zero attached hydrogens (tertiary/aromatic N) is 4. The fraction of sp³-hybridized carbons (Fsp3) is 0.345. The van der Waals surface area contributed by atoms with E-state index in [2.05, 4.69) is 12.2 Å². The molecule has 0 aliphatic carbocycles. The van der Waals surface area contributed by atoms with E-state index in [9.17, 15) is 26.9 Å². The normalized spacial score (nSPS) is 20.0. The summed E-state index contributed by atoms with van der Waals surface area (Å²) in [6.07, 6.45) is 4.97. The fourth-order valence-corrected chi connectivity index (χ4v) is 8.27. The first-order chi connectivity index (χ1) is 19.6. The summed E-state index contributed by atoms with van der Waals surface area (Å²) in [5, 5.41) is 17.2. The molecule has 3 aromatic rings. The largest absolute Gasteiger partial charge is 0.348 e. The van der Waals surface area contributed by atoms with Crippen molar-refractivity contribution in [1.29, 1.82) is 5.26 Å². The molecule has 214 valence electrons. The standard InChI is InChI=1S/C29H31N5O5S2/c1-21-10-13-33(14-11-21)41(38,39)27-9-5-6-22(17-27)28-24(19-34(32-28)26-7-3-2-4-8-26)16-23(18-30)29(35)31-25-12-15-40(36,37)20-25/h2-9,16-17,19,21,25H,10-15,20H2,1H3,(H,31,35). The molecule has 0 bridgehead atoms. The van der Waals surface area contributed by atoms with Gasteiger partial charge in [-0.05, 0) is 55.5 Å². The molecule has 0 saturated carbocycles. The highest BCUT2D eigenvalue weighted by Crippen LogP contribution is 2.30. The van der Waals surface area contributed by atoms with Gasteiger partial charge in [-0.2, -0.15) is 14.7 Å². The number of benzene rings is 2. The van der Waals surface area contributed by atoms with E-state index in [1.807, 2.05) is 36.4 Å². The van der Waals surface area contributed by atoms with Crippen molar-refractivity contribution in [3.8, 4) is 23.0 Å². The number of nitriles is 1. The van der Waals surface area contributed by atoms with E-state index in [4.69, 9.17) is 5.10 Å². The van der Waals surface area contributed by atoms with Gasteiger partial charge in [0.1, 0.15) is 17.3 Å². The van der Waals surface area contributed by atoms with Crippen molar-refractivity contribution in [1.82, 2.24) is 19.4 Å². The number of sulfone groups is 1. The molecule has 1 unspecified atom stereocenters. The Morgan fingerprint density at radius 3 is 2.49 bits per heavy atom. The Morgan fingerprint density at radius 1 is 1.10 bits per heavy atom. The topological polar surface area (TPSA) is 142 Å². The number of nitrogens with one attached hydrogen (secondary N) is 1. The van der Waals surface area contributed by atoms with Gasteiger partial charge in [0.2, 0.25) is 10.0 Å². The second kappa shape index (κ2) is 11.6. The zero-order valence-electron chi connectivity index (χ0n) is 22.6. The number of rotatable bonds is 7. The summed E-state index contributed by atoms with van der Waals surface area (Å²) in [5.74, 6) is -0.364. The number of carbonyl (C=O) groups is 1. The summed E-state index contributed by atoms with van der Waals surface area (Å²) in [7, 11) is -6.93. The zero-order valence-corrected chi connectivity index (χ0v) is 24.2. The second-order valence-electron chi connectivity index (χ2n) is 10.6. The summed E-state index contributed by atoms with van der Waals surface area (Å²) in [6.45, 7) is 3.05. The van der Waals surface area contributed by atoms with Crippen LogP contribution in [0.15, 0.2) is 71.3 Å². The molecular formula is C29H31N5O5S2. The maximum atomic E-state index is 13.5. The highest BCUT2D eigenvalue weighted by Gasteiger charge is 2.30. The molecule has 1 amide bonds. The summed E-state index contributed by atoms with van der Waals surface area (Å²) >= 11 is 0. The van der Waals surface area contributed by atoms with Crippen molar-refractivity contribution < 1.29 is 21.6 Å². The lowest BCUT2D eigenvalue weighted by atomic mass is 10.0. The average Bonchev–Trinajstić information content (AvgIpc) is 3.54. The van der Waals surface area contributed by atoms with E-state index >= 15 is 0 Å². The molecular weight excluding hydrogens is 562 g/mol. The van der Waals surface area contributed by atoms with Crippen LogP contribution in [0.25, 0.3) is 23.0 Å². The van der Waals surface area contributed by atoms with Crippen molar-refractivity contribution in [2.45, 2.75) is 37.1 Å². The van der Waals surface area contributed by atoms with E-state index in [1.54, 1.807) is 35.1 Å². The first kappa shape index (κ1) is 28.7. The van der Waals surface area contributed by atoms with E-state index in [0.29, 0.717) is 42.2 Å². The number of sulfonamides is 1. The Labute approximate surface area is 240 Å². The Kier molecular flexibility index (Phi) is 8.13. The zero-order chi connectivity index (χ0) is 29.2. The molecule has 2 aliphatic rings. The third-order valence-electron chi connectivity index (χ3n) is 7.48. The van der Waals surface area contributed by atoms with E-state index < -0.39 is 31.8 Å². The molecule has 0 radical (unpaired) electrons. The van der Waals surface area contributed by atoms with Crippen molar-refractivity contribution in [2.75, 3.05) is 24.6 Å². The SMILES string of the molecule is CC1CCN(S(=O)(=O)c2cccc(-c3nn(-c4ccccc4)cc3C=C(C#N)C(=O)NC3CCS(=O)(=O)C3)c2)CC1. The van der Waals surface area contributed by atoms with Crippen LogP contribution in [-0.4, -0.2) is 67.5 Å². The maximum absolute atomic E-state index is 13.5. The monoisotopic (exact) mass is 593 g/mol. The summed E-state index contributed by atoms with van der Waals surface area (Å²) in [5.41, 5.74) is 1.85. The van der Waals surface area contributed by atoms with Crippen molar-refractivity contribution in [3.63, 3.8) is 0 Å². The summed E-state index contributed by atoms with van der Waals surface area (Å²) in [4.78, 5) is 13.1. The lowest BCUT2D eigenvalue weighted by molar-refractivity contribution is -0.117. The molecule has 10 nitrogen and oxygen atoms in total. The molecule has 1 N–H and O–H groups in total. The first-order valence-electron chi connectivity index (χ1n) is 13.4. The van der Waals surface area contributed by atoms with Crippen LogP contribution >= 0.6 is 0 Å². The van der Waals surface area contributed by atoms with Crippen molar-refractivity contribution in [2.24, 2.45) is 5.92 Å². The average molecular weight is 594 g/mol. The smallest absolute Gasteiger partial charge is 0.262 e. The van der Waals surface area contributed by atoms with Crippen LogP contribution < -0.4 is 5.32 Å². The minimum atomic E-state index is -3.72. The van der Waals surface area contributed by atoms with E-state index in [0.717, 1.165) is 18.5 Å². The van der Waals surface area contributed by atoms with Crippen LogP contribution in [0, 0.1) is 17.2 Å². The number of carbonyl (C=O) groups excluding carboxylic acids is 1. The molecule has 12 heteroatoms. The number of piperidine rings is 1. The predicted molar refractivity (Wildman–Crippen MR) is 155 cm³/mol. The lowest BCUT2D eigenvalue weighted by Crippen LogP contribution is -2.37. The summed E-state index contributed by atoms with van der Waals surface area (Å²) < 4.78 is 53.7. The quantitative estimate of drug-likeness (QED) is 0.328. The molecule has 1 aromatic heterocycles. The third kappa shape index (κ3) is 6.43. The molecule has 2 saturated heterocycles. The van der Waals surface area contributed by atoms with Gasteiger partial charge in [0.25, 0.3) is 5.91 Å². The fourth-order valence-electron chi connectivity index (χ4n) is 5.08. The van der Waals surface area contributed by atoms with Gasteiger partial charge in [0.15, 0.2) is 9.84 Å². The highest BCUT2D eigenvalue weighted by molar-refractivity contribution is 7.91. The van der Waals surface area contributed by atoms with Crippen molar-refractivity contribution >= 4 is 31.8 Å². The number of hydrogen-bond acceptors (Lipinski definition) is 7. The molecule has 1 atom stereocenters.